The van der Waals surface area contributed by atoms with Gasteiger partial charge in [-0.15, -0.1) is 0 Å². The maximum atomic E-state index is 13.4. The van der Waals surface area contributed by atoms with E-state index in [0.717, 1.165) is 16.8 Å². The molecule has 0 fully saturated rings. The van der Waals surface area contributed by atoms with Crippen molar-refractivity contribution in [3.8, 4) is 0 Å². The molecular formula is C16H19F2N3OS2. The van der Waals surface area contributed by atoms with Crippen molar-refractivity contribution in [3.05, 3.63) is 41.4 Å². The van der Waals surface area contributed by atoms with Gasteiger partial charge in [-0.2, -0.15) is 0 Å². The van der Waals surface area contributed by atoms with Gasteiger partial charge in [-0.1, -0.05) is 25.6 Å². The third kappa shape index (κ3) is 4.45. The molecule has 130 valence electrons. The van der Waals surface area contributed by atoms with E-state index in [4.69, 9.17) is 17.0 Å². The Labute approximate surface area is 149 Å². The average Bonchev–Trinajstić information content (AvgIpc) is 2.81. The van der Waals surface area contributed by atoms with Crippen LogP contribution in [-0.4, -0.2) is 21.8 Å². The van der Waals surface area contributed by atoms with Crippen LogP contribution >= 0.6 is 24.0 Å². The van der Waals surface area contributed by atoms with Gasteiger partial charge in [0.15, 0.2) is 0 Å². The third-order valence-electron chi connectivity index (χ3n) is 3.29. The SMILES string of the molecule is CNC(=S)OCc1nc(C(C)C)c(Sc2cc(F)cc(F)c2)n1C. The highest BCUT2D eigenvalue weighted by Gasteiger charge is 2.19. The molecule has 0 aliphatic heterocycles. The van der Waals surface area contributed by atoms with E-state index in [9.17, 15) is 8.78 Å². The number of aromatic nitrogens is 2. The van der Waals surface area contributed by atoms with Gasteiger partial charge in [-0.05, 0) is 30.3 Å². The molecule has 24 heavy (non-hydrogen) atoms. The second-order valence-electron chi connectivity index (χ2n) is 5.47. The Kier molecular flexibility index (Phi) is 6.17. The molecule has 0 aliphatic rings. The Bertz CT molecular complexity index is 727. The van der Waals surface area contributed by atoms with Crippen LogP contribution in [0.25, 0.3) is 0 Å². The van der Waals surface area contributed by atoms with Gasteiger partial charge in [-0.25, -0.2) is 13.8 Å². The molecule has 1 N–H and O–H groups in total. The number of nitrogens with one attached hydrogen (secondary N) is 1. The summed E-state index contributed by atoms with van der Waals surface area (Å²) in [6, 6.07) is 3.46. The molecule has 2 aromatic rings. The molecule has 0 unspecified atom stereocenters. The number of hydrogen-bond acceptors (Lipinski definition) is 4. The zero-order valence-electron chi connectivity index (χ0n) is 13.9. The van der Waals surface area contributed by atoms with Crippen LogP contribution in [0.15, 0.2) is 28.1 Å². The average molecular weight is 371 g/mol. The highest BCUT2D eigenvalue weighted by Crippen LogP contribution is 2.35. The molecule has 0 saturated heterocycles. The highest BCUT2D eigenvalue weighted by atomic mass is 32.2. The normalized spacial score (nSPS) is 11.0. The van der Waals surface area contributed by atoms with Gasteiger partial charge in [0.2, 0.25) is 0 Å². The van der Waals surface area contributed by atoms with Crippen molar-refractivity contribution in [2.24, 2.45) is 7.05 Å². The number of hydrogen-bond donors (Lipinski definition) is 1. The standard InChI is InChI=1S/C16H19F2N3OS2/c1-9(2)14-15(24-12-6-10(17)5-11(18)7-12)21(4)13(20-14)8-22-16(23)19-3/h5-7,9H,8H2,1-4H3,(H,19,23). The summed E-state index contributed by atoms with van der Waals surface area (Å²) in [4.78, 5) is 5.08. The van der Waals surface area contributed by atoms with Crippen LogP contribution in [0.5, 0.6) is 0 Å². The van der Waals surface area contributed by atoms with Gasteiger partial charge in [0.25, 0.3) is 5.17 Å². The Hall–Kier alpha value is -1.67. The van der Waals surface area contributed by atoms with E-state index >= 15 is 0 Å². The zero-order chi connectivity index (χ0) is 17.9. The quantitative estimate of drug-likeness (QED) is 0.805. The van der Waals surface area contributed by atoms with Crippen LogP contribution in [0.1, 0.15) is 31.3 Å². The molecule has 2 rings (SSSR count). The van der Waals surface area contributed by atoms with Gasteiger partial charge >= 0.3 is 0 Å². The summed E-state index contributed by atoms with van der Waals surface area (Å²) in [6.07, 6.45) is 0. The molecule has 0 radical (unpaired) electrons. The van der Waals surface area contributed by atoms with Crippen molar-refractivity contribution in [3.63, 3.8) is 0 Å². The number of imidazole rings is 1. The first-order chi connectivity index (χ1) is 11.3. The summed E-state index contributed by atoms with van der Waals surface area (Å²) >= 11 is 6.24. The maximum Gasteiger partial charge on any atom is 0.256 e. The molecule has 0 amide bonds. The largest absolute Gasteiger partial charge is 0.463 e. The second kappa shape index (κ2) is 7.94. The lowest BCUT2D eigenvalue weighted by Gasteiger charge is -2.09. The monoisotopic (exact) mass is 371 g/mol. The second-order valence-corrected chi connectivity index (χ2v) is 6.90. The number of ether oxygens (including phenoxy) is 1. The van der Waals surface area contributed by atoms with Crippen molar-refractivity contribution in [2.75, 3.05) is 7.05 Å². The summed E-state index contributed by atoms with van der Waals surface area (Å²) in [5.41, 5.74) is 0.848. The van der Waals surface area contributed by atoms with Crippen LogP contribution in [0.4, 0.5) is 8.78 Å². The van der Waals surface area contributed by atoms with Crippen molar-refractivity contribution >= 4 is 29.2 Å². The molecule has 0 spiro atoms. The van der Waals surface area contributed by atoms with E-state index in [-0.39, 0.29) is 17.7 Å². The molecule has 4 nitrogen and oxygen atoms in total. The summed E-state index contributed by atoms with van der Waals surface area (Å²) in [7, 11) is 3.53. The molecule has 1 heterocycles. The molecule has 0 aliphatic carbocycles. The molecule has 0 saturated carbocycles. The van der Waals surface area contributed by atoms with Crippen LogP contribution in [-0.2, 0) is 18.4 Å². The summed E-state index contributed by atoms with van der Waals surface area (Å²) in [5, 5.41) is 3.84. The Morgan fingerprint density at radius 3 is 2.50 bits per heavy atom. The minimum absolute atomic E-state index is 0.155. The zero-order valence-corrected chi connectivity index (χ0v) is 15.5. The molecule has 1 aromatic heterocycles. The molecule has 8 heteroatoms. The van der Waals surface area contributed by atoms with Gasteiger partial charge in [0.1, 0.15) is 29.1 Å². The lowest BCUT2D eigenvalue weighted by Crippen LogP contribution is -2.19. The van der Waals surface area contributed by atoms with Gasteiger partial charge in [0.05, 0.1) is 5.69 Å². The summed E-state index contributed by atoms with van der Waals surface area (Å²) in [6.45, 7) is 4.25. The van der Waals surface area contributed by atoms with E-state index < -0.39 is 11.6 Å². The maximum absolute atomic E-state index is 13.4. The van der Waals surface area contributed by atoms with Crippen LogP contribution in [0, 0.1) is 11.6 Å². The number of halogens is 2. The van der Waals surface area contributed by atoms with Gasteiger partial charge in [-0.3, -0.25) is 0 Å². The van der Waals surface area contributed by atoms with E-state index in [1.165, 1.54) is 23.9 Å². The lowest BCUT2D eigenvalue weighted by atomic mass is 10.2. The highest BCUT2D eigenvalue weighted by molar-refractivity contribution is 7.99. The third-order valence-corrected chi connectivity index (χ3v) is 4.76. The van der Waals surface area contributed by atoms with E-state index in [2.05, 4.69) is 10.3 Å². The van der Waals surface area contributed by atoms with Crippen molar-refractivity contribution < 1.29 is 13.5 Å². The van der Waals surface area contributed by atoms with Crippen molar-refractivity contribution in [1.82, 2.24) is 14.9 Å². The number of thiocarbonyl (C=S) groups is 1. The summed E-state index contributed by atoms with van der Waals surface area (Å²) in [5.74, 6) is -0.361. The molecule has 1 aromatic carbocycles. The smallest absolute Gasteiger partial charge is 0.256 e. The van der Waals surface area contributed by atoms with Crippen LogP contribution < -0.4 is 5.32 Å². The lowest BCUT2D eigenvalue weighted by molar-refractivity contribution is 0.274. The predicted octanol–water partition coefficient (Wildman–Crippen LogP) is 3.99. The van der Waals surface area contributed by atoms with Crippen LogP contribution in [0.2, 0.25) is 0 Å². The number of rotatable bonds is 5. The first-order valence-corrected chi connectivity index (χ1v) is 8.58. The van der Waals surface area contributed by atoms with Crippen molar-refractivity contribution in [2.45, 2.75) is 36.3 Å². The predicted molar refractivity (Wildman–Crippen MR) is 94.2 cm³/mol. The first kappa shape index (κ1) is 18.7. The number of nitrogens with zero attached hydrogens (tertiary/aromatic N) is 2. The fraction of sp³-hybridized carbons (Fsp3) is 0.375. The van der Waals surface area contributed by atoms with E-state index in [0.29, 0.717) is 10.7 Å². The fourth-order valence-corrected chi connectivity index (χ4v) is 3.33. The molecule has 0 atom stereocenters. The Morgan fingerprint density at radius 2 is 1.96 bits per heavy atom. The first-order valence-electron chi connectivity index (χ1n) is 7.35. The summed E-state index contributed by atoms with van der Waals surface area (Å²) < 4.78 is 34.1. The van der Waals surface area contributed by atoms with Crippen LogP contribution in [0.3, 0.4) is 0 Å². The topological polar surface area (TPSA) is 39.1 Å². The van der Waals surface area contributed by atoms with Crippen molar-refractivity contribution in [1.29, 1.82) is 0 Å². The fourth-order valence-electron chi connectivity index (χ4n) is 2.08. The molecular weight excluding hydrogens is 352 g/mol. The minimum atomic E-state index is -0.603. The molecule has 0 bridgehead atoms. The van der Waals surface area contributed by atoms with Gasteiger partial charge < -0.3 is 14.6 Å². The Morgan fingerprint density at radius 1 is 1.33 bits per heavy atom. The van der Waals surface area contributed by atoms with E-state index in [1.54, 1.807) is 7.05 Å². The Balaban J connectivity index is 2.33. The van der Waals surface area contributed by atoms with E-state index in [1.807, 2.05) is 25.5 Å². The van der Waals surface area contributed by atoms with Gasteiger partial charge in [0, 0.05) is 25.1 Å². The minimum Gasteiger partial charge on any atom is -0.463 e. The number of benzene rings is 1.